The standard InChI is InChI=1S/C30H38N2O4/c1-3-23(30-35-15-16-36-30)17-22-18-26(29(33)34-2)28-25(24-11-7-8-12-27(24)31-28)13-14-32(20-22)19-21-9-5-4-6-10-21/h4-12,22-23,26,30-31H,3,13-20H2,1-2H3. The molecule has 3 heterocycles. The third-order valence-corrected chi connectivity index (χ3v) is 7.89. The summed E-state index contributed by atoms with van der Waals surface area (Å²) in [6, 6.07) is 19.1. The number of hydrogen-bond donors (Lipinski definition) is 1. The van der Waals surface area contributed by atoms with Crippen LogP contribution in [0, 0.1) is 11.8 Å². The number of nitrogens with zero attached hydrogens (tertiary/aromatic N) is 1. The Kier molecular flexibility index (Phi) is 8.05. The molecule has 1 aromatic heterocycles. The van der Waals surface area contributed by atoms with Crippen LogP contribution in [0.15, 0.2) is 54.6 Å². The number of aromatic nitrogens is 1. The molecule has 3 atom stereocenters. The molecule has 3 aromatic rings. The molecule has 2 aliphatic rings. The number of benzene rings is 2. The molecule has 2 aliphatic heterocycles. The molecule has 0 aliphatic carbocycles. The number of rotatable bonds is 7. The van der Waals surface area contributed by atoms with Crippen LogP contribution in [0.4, 0.5) is 0 Å². The van der Waals surface area contributed by atoms with Crippen LogP contribution >= 0.6 is 0 Å². The molecule has 1 saturated heterocycles. The van der Waals surface area contributed by atoms with Crippen LogP contribution in [-0.2, 0) is 32.0 Å². The highest BCUT2D eigenvalue weighted by atomic mass is 16.7. The van der Waals surface area contributed by atoms with Crippen molar-refractivity contribution in [2.75, 3.05) is 33.4 Å². The number of nitrogens with one attached hydrogen (secondary N) is 1. The molecule has 2 aromatic carbocycles. The molecule has 6 heteroatoms. The Labute approximate surface area is 213 Å². The van der Waals surface area contributed by atoms with Crippen molar-refractivity contribution in [2.45, 2.75) is 51.4 Å². The number of para-hydroxylation sites is 1. The first-order chi connectivity index (χ1) is 17.7. The minimum atomic E-state index is -0.318. The summed E-state index contributed by atoms with van der Waals surface area (Å²) >= 11 is 0. The molecule has 36 heavy (non-hydrogen) atoms. The van der Waals surface area contributed by atoms with Crippen molar-refractivity contribution in [3.63, 3.8) is 0 Å². The monoisotopic (exact) mass is 490 g/mol. The molecular weight excluding hydrogens is 452 g/mol. The Balaban J connectivity index is 1.50. The van der Waals surface area contributed by atoms with Crippen LogP contribution in [0.2, 0.25) is 0 Å². The number of hydrogen-bond acceptors (Lipinski definition) is 5. The van der Waals surface area contributed by atoms with Crippen LogP contribution in [-0.4, -0.2) is 55.6 Å². The second-order valence-corrected chi connectivity index (χ2v) is 10.2. The Bertz CT molecular complexity index is 1140. The second kappa shape index (κ2) is 11.6. The first-order valence-electron chi connectivity index (χ1n) is 13.3. The van der Waals surface area contributed by atoms with Crippen molar-refractivity contribution in [3.05, 3.63) is 71.4 Å². The van der Waals surface area contributed by atoms with Crippen LogP contribution in [0.25, 0.3) is 10.9 Å². The van der Waals surface area contributed by atoms with Gasteiger partial charge in [-0.3, -0.25) is 9.69 Å². The zero-order valence-electron chi connectivity index (χ0n) is 21.4. The molecule has 0 spiro atoms. The first-order valence-corrected chi connectivity index (χ1v) is 13.3. The van der Waals surface area contributed by atoms with E-state index in [9.17, 15) is 4.79 Å². The third kappa shape index (κ3) is 5.51. The Hall–Kier alpha value is -2.67. The summed E-state index contributed by atoms with van der Waals surface area (Å²) < 4.78 is 17.2. The Morgan fingerprint density at radius 3 is 2.61 bits per heavy atom. The quantitative estimate of drug-likeness (QED) is 0.457. The van der Waals surface area contributed by atoms with Gasteiger partial charge in [-0.15, -0.1) is 0 Å². The minimum absolute atomic E-state index is 0.148. The van der Waals surface area contributed by atoms with Crippen molar-refractivity contribution in [2.24, 2.45) is 11.8 Å². The second-order valence-electron chi connectivity index (χ2n) is 10.2. The Morgan fingerprint density at radius 2 is 1.86 bits per heavy atom. The topological polar surface area (TPSA) is 63.8 Å². The fourth-order valence-corrected chi connectivity index (χ4v) is 6.10. The van der Waals surface area contributed by atoms with Gasteiger partial charge in [0.25, 0.3) is 0 Å². The lowest BCUT2D eigenvalue weighted by Crippen LogP contribution is -2.34. The average Bonchev–Trinajstić information content (AvgIpc) is 3.57. The maximum absolute atomic E-state index is 13.2. The van der Waals surface area contributed by atoms with E-state index in [0.717, 1.165) is 56.5 Å². The molecule has 192 valence electrons. The average molecular weight is 491 g/mol. The molecule has 0 bridgehead atoms. The van der Waals surface area contributed by atoms with Crippen LogP contribution < -0.4 is 0 Å². The smallest absolute Gasteiger partial charge is 0.314 e. The summed E-state index contributed by atoms with van der Waals surface area (Å²) in [5.74, 6) is 0.123. The molecule has 1 N–H and O–H groups in total. The van der Waals surface area contributed by atoms with Gasteiger partial charge in [-0.2, -0.15) is 0 Å². The van der Waals surface area contributed by atoms with Crippen LogP contribution in [0.1, 0.15) is 48.9 Å². The zero-order valence-corrected chi connectivity index (χ0v) is 21.4. The van der Waals surface area contributed by atoms with E-state index in [1.807, 2.05) is 6.07 Å². The van der Waals surface area contributed by atoms with Gasteiger partial charge in [0.05, 0.1) is 26.2 Å². The molecule has 6 nitrogen and oxygen atoms in total. The van der Waals surface area contributed by atoms with E-state index < -0.39 is 0 Å². The van der Waals surface area contributed by atoms with Gasteiger partial charge >= 0.3 is 5.97 Å². The van der Waals surface area contributed by atoms with Crippen molar-refractivity contribution >= 4 is 16.9 Å². The van der Waals surface area contributed by atoms with Gasteiger partial charge < -0.3 is 19.2 Å². The fraction of sp³-hybridized carbons (Fsp3) is 0.500. The van der Waals surface area contributed by atoms with E-state index in [-0.39, 0.29) is 18.2 Å². The van der Waals surface area contributed by atoms with Gasteiger partial charge in [0.15, 0.2) is 6.29 Å². The Morgan fingerprint density at radius 1 is 1.11 bits per heavy atom. The minimum Gasteiger partial charge on any atom is -0.469 e. The molecule has 0 amide bonds. The summed E-state index contributed by atoms with van der Waals surface area (Å²) in [6.07, 6.45) is 3.42. The summed E-state index contributed by atoms with van der Waals surface area (Å²) in [4.78, 5) is 19.4. The molecule has 1 fully saturated rings. The van der Waals surface area contributed by atoms with E-state index in [4.69, 9.17) is 14.2 Å². The van der Waals surface area contributed by atoms with Gasteiger partial charge in [-0.25, -0.2) is 0 Å². The number of esters is 1. The lowest BCUT2D eigenvalue weighted by Gasteiger charge is -2.31. The SMILES string of the molecule is CCC(CC1CC(C(=O)OC)c2[nH]c3ccccc3c2CCN(Cc2ccccc2)C1)C1OCCO1. The molecule has 3 unspecified atom stereocenters. The largest absolute Gasteiger partial charge is 0.469 e. The van der Waals surface area contributed by atoms with E-state index >= 15 is 0 Å². The number of aromatic amines is 1. The number of carbonyl (C=O) groups is 1. The molecule has 0 radical (unpaired) electrons. The summed E-state index contributed by atoms with van der Waals surface area (Å²) in [5.41, 5.74) is 4.67. The fourth-order valence-electron chi connectivity index (χ4n) is 6.10. The van der Waals surface area contributed by atoms with Gasteiger partial charge in [-0.1, -0.05) is 55.5 Å². The highest BCUT2D eigenvalue weighted by Crippen LogP contribution is 2.37. The van der Waals surface area contributed by atoms with Crippen molar-refractivity contribution in [1.29, 1.82) is 0 Å². The summed E-state index contributed by atoms with van der Waals surface area (Å²) in [7, 11) is 1.50. The number of carbonyl (C=O) groups excluding carboxylic acids is 1. The maximum atomic E-state index is 13.2. The summed E-state index contributed by atoms with van der Waals surface area (Å²) in [6.45, 7) is 6.28. The van der Waals surface area contributed by atoms with Crippen LogP contribution in [0.5, 0.6) is 0 Å². The van der Waals surface area contributed by atoms with Gasteiger partial charge in [0.1, 0.15) is 0 Å². The van der Waals surface area contributed by atoms with Gasteiger partial charge in [-0.05, 0) is 48.8 Å². The molecular formula is C30H38N2O4. The predicted molar refractivity (Wildman–Crippen MR) is 141 cm³/mol. The predicted octanol–water partition coefficient (Wildman–Crippen LogP) is 5.28. The summed E-state index contributed by atoms with van der Waals surface area (Å²) in [5, 5.41) is 1.21. The van der Waals surface area contributed by atoms with E-state index in [1.54, 1.807) is 0 Å². The number of methoxy groups -OCH3 is 1. The van der Waals surface area contributed by atoms with Crippen LogP contribution in [0.3, 0.4) is 0 Å². The van der Waals surface area contributed by atoms with E-state index in [1.165, 1.54) is 23.6 Å². The molecule has 5 rings (SSSR count). The maximum Gasteiger partial charge on any atom is 0.314 e. The van der Waals surface area contributed by atoms with Crippen molar-refractivity contribution in [1.82, 2.24) is 9.88 Å². The van der Waals surface area contributed by atoms with Gasteiger partial charge in [0.2, 0.25) is 0 Å². The van der Waals surface area contributed by atoms with E-state index in [2.05, 4.69) is 65.3 Å². The number of ether oxygens (including phenoxy) is 3. The zero-order chi connectivity index (χ0) is 24.9. The van der Waals surface area contributed by atoms with E-state index in [0.29, 0.717) is 25.0 Å². The van der Waals surface area contributed by atoms with Crippen molar-refractivity contribution in [3.8, 4) is 0 Å². The normalized spacial score (nSPS) is 22.5. The highest BCUT2D eigenvalue weighted by Gasteiger charge is 2.35. The molecule has 0 saturated carbocycles. The lowest BCUT2D eigenvalue weighted by atomic mass is 9.83. The lowest BCUT2D eigenvalue weighted by molar-refractivity contribution is -0.143. The number of fused-ring (bicyclic) bond motifs is 3. The highest BCUT2D eigenvalue weighted by molar-refractivity contribution is 5.88. The van der Waals surface area contributed by atoms with Crippen molar-refractivity contribution < 1.29 is 19.0 Å². The number of H-pyrrole nitrogens is 1. The first kappa shape index (κ1) is 25.0. The van der Waals surface area contributed by atoms with Gasteiger partial charge in [0, 0.05) is 42.1 Å². The third-order valence-electron chi connectivity index (χ3n) is 7.89.